The summed E-state index contributed by atoms with van der Waals surface area (Å²) in [5.74, 6) is 0.739. The fraction of sp³-hybridized carbons (Fsp3) is 0.429. The summed E-state index contributed by atoms with van der Waals surface area (Å²) in [7, 11) is -0.378. The standard InChI is InChI=1S/C14H18BN3O2/c1-13(2)14(3,4)20-15(19-13)10-5-6-16-11(9-10)12-17-7-8-18-12/h5-9H,1-4H3,(H,17,18). The van der Waals surface area contributed by atoms with Crippen LogP contribution >= 0.6 is 0 Å². The molecule has 1 fully saturated rings. The first-order chi connectivity index (χ1) is 9.39. The number of nitrogens with one attached hydrogen (secondary N) is 1. The van der Waals surface area contributed by atoms with Gasteiger partial charge >= 0.3 is 7.12 Å². The van der Waals surface area contributed by atoms with Crippen LogP contribution in [0.15, 0.2) is 30.7 Å². The second-order valence-corrected chi connectivity index (χ2v) is 6.00. The summed E-state index contributed by atoms with van der Waals surface area (Å²) in [5.41, 5.74) is 1.05. The summed E-state index contributed by atoms with van der Waals surface area (Å²) in [6.45, 7) is 8.17. The average Bonchev–Trinajstić information content (AvgIpc) is 2.97. The molecule has 1 aliphatic rings. The molecule has 0 aliphatic carbocycles. The number of hydrogen-bond acceptors (Lipinski definition) is 4. The van der Waals surface area contributed by atoms with Crippen molar-refractivity contribution in [2.75, 3.05) is 0 Å². The van der Waals surface area contributed by atoms with Gasteiger partial charge in [0, 0.05) is 18.6 Å². The normalized spacial score (nSPS) is 20.3. The molecule has 0 radical (unpaired) electrons. The molecule has 0 bridgehead atoms. The van der Waals surface area contributed by atoms with Crippen LogP contribution in [0, 0.1) is 0 Å². The lowest BCUT2D eigenvalue weighted by atomic mass is 9.79. The smallest absolute Gasteiger partial charge is 0.399 e. The summed E-state index contributed by atoms with van der Waals surface area (Å²) < 4.78 is 12.1. The van der Waals surface area contributed by atoms with Gasteiger partial charge in [-0.05, 0) is 45.3 Å². The Morgan fingerprint density at radius 1 is 1.05 bits per heavy atom. The molecule has 0 spiro atoms. The number of rotatable bonds is 2. The Labute approximate surface area is 118 Å². The summed E-state index contributed by atoms with van der Waals surface area (Å²) in [6.07, 6.45) is 5.23. The lowest BCUT2D eigenvalue weighted by Gasteiger charge is -2.32. The van der Waals surface area contributed by atoms with Gasteiger partial charge in [-0.2, -0.15) is 0 Å². The van der Waals surface area contributed by atoms with Gasteiger partial charge < -0.3 is 14.3 Å². The van der Waals surface area contributed by atoms with Crippen molar-refractivity contribution in [2.45, 2.75) is 38.9 Å². The van der Waals surface area contributed by atoms with Gasteiger partial charge in [-0.3, -0.25) is 4.98 Å². The summed E-state index contributed by atoms with van der Waals surface area (Å²) in [4.78, 5) is 11.6. The van der Waals surface area contributed by atoms with Crippen molar-refractivity contribution < 1.29 is 9.31 Å². The SMILES string of the molecule is CC1(C)OB(c2ccnc(-c3ncc[nH]3)c2)OC1(C)C. The van der Waals surface area contributed by atoms with E-state index in [0.717, 1.165) is 17.0 Å². The predicted octanol–water partition coefficient (Wildman–Crippen LogP) is 1.77. The molecule has 5 nitrogen and oxygen atoms in total. The number of nitrogens with zero attached hydrogens (tertiary/aromatic N) is 2. The minimum Gasteiger partial charge on any atom is -0.399 e. The molecular formula is C14H18BN3O2. The lowest BCUT2D eigenvalue weighted by molar-refractivity contribution is 0.00578. The molecule has 0 amide bonds. The first kappa shape index (κ1) is 13.3. The first-order valence-electron chi connectivity index (χ1n) is 6.70. The van der Waals surface area contributed by atoms with E-state index >= 15 is 0 Å². The molecule has 0 atom stereocenters. The van der Waals surface area contributed by atoms with E-state index < -0.39 is 0 Å². The highest BCUT2D eigenvalue weighted by Gasteiger charge is 2.51. The number of imidazole rings is 1. The highest BCUT2D eigenvalue weighted by molar-refractivity contribution is 6.62. The van der Waals surface area contributed by atoms with Gasteiger partial charge in [0.25, 0.3) is 0 Å². The number of pyridine rings is 1. The highest BCUT2D eigenvalue weighted by Crippen LogP contribution is 2.36. The van der Waals surface area contributed by atoms with Crippen molar-refractivity contribution in [3.05, 3.63) is 30.7 Å². The second-order valence-electron chi connectivity index (χ2n) is 6.00. The van der Waals surface area contributed by atoms with Crippen LogP contribution in [0.5, 0.6) is 0 Å². The van der Waals surface area contributed by atoms with E-state index in [1.54, 1.807) is 18.6 Å². The highest BCUT2D eigenvalue weighted by atomic mass is 16.7. The van der Waals surface area contributed by atoms with Crippen molar-refractivity contribution in [3.8, 4) is 11.5 Å². The quantitative estimate of drug-likeness (QED) is 0.846. The molecule has 2 aromatic rings. The number of aromatic nitrogens is 3. The van der Waals surface area contributed by atoms with Crippen LogP contribution in [0.3, 0.4) is 0 Å². The Morgan fingerprint density at radius 2 is 1.75 bits per heavy atom. The van der Waals surface area contributed by atoms with Crippen LogP contribution in [-0.4, -0.2) is 33.3 Å². The molecule has 0 aromatic carbocycles. The molecule has 6 heteroatoms. The zero-order valence-corrected chi connectivity index (χ0v) is 12.2. The van der Waals surface area contributed by atoms with E-state index in [1.807, 2.05) is 39.8 Å². The van der Waals surface area contributed by atoms with E-state index in [1.165, 1.54) is 0 Å². The van der Waals surface area contributed by atoms with Crippen LogP contribution in [0.4, 0.5) is 0 Å². The van der Waals surface area contributed by atoms with E-state index in [-0.39, 0.29) is 18.3 Å². The third-order valence-electron chi connectivity index (χ3n) is 4.05. The predicted molar refractivity (Wildman–Crippen MR) is 77.5 cm³/mol. The zero-order chi connectivity index (χ0) is 14.4. The van der Waals surface area contributed by atoms with Crippen molar-refractivity contribution in [1.82, 2.24) is 15.0 Å². The van der Waals surface area contributed by atoms with Crippen LogP contribution in [0.2, 0.25) is 0 Å². The maximum Gasteiger partial charge on any atom is 0.494 e. The third kappa shape index (κ3) is 2.15. The largest absolute Gasteiger partial charge is 0.494 e. The van der Waals surface area contributed by atoms with E-state index in [4.69, 9.17) is 9.31 Å². The summed E-state index contributed by atoms with van der Waals surface area (Å²) in [5, 5.41) is 0. The number of hydrogen-bond donors (Lipinski definition) is 1. The van der Waals surface area contributed by atoms with Crippen molar-refractivity contribution in [1.29, 1.82) is 0 Å². The van der Waals surface area contributed by atoms with Gasteiger partial charge in [-0.15, -0.1) is 0 Å². The van der Waals surface area contributed by atoms with E-state index in [2.05, 4.69) is 15.0 Å². The minimum absolute atomic E-state index is 0.341. The van der Waals surface area contributed by atoms with Gasteiger partial charge in [0.1, 0.15) is 5.69 Å². The molecule has 0 saturated carbocycles. The first-order valence-corrected chi connectivity index (χ1v) is 6.70. The maximum absolute atomic E-state index is 6.04. The molecule has 3 rings (SSSR count). The maximum atomic E-state index is 6.04. The Kier molecular flexibility index (Phi) is 2.95. The fourth-order valence-electron chi connectivity index (χ4n) is 2.11. The van der Waals surface area contributed by atoms with Gasteiger partial charge in [0.05, 0.1) is 11.2 Å². The lowest BCUT2D eigenvalue weighted by Crippen LogP contribution is -2.41. The molecule has 20 heavy (non-hydrogen) atoms. The average molecular weight is 271 g/mol. The van der Waals surface area contributed by atoms with Crippen LogP contribution < -0.4 is 5.46 Å². The molecule has 0 unspecified atom stereocenters. The third-order valence-corrected chi connectivity index (χ3v) is 4.05. The number of aromatic amines is 1. The Bertz CT molecular complexity index is 595. The molecule has 1 aliphatic heterocycles. The monoisotopic (exact) mass is 271 g/mol. The van der Waals surface area contributed by atoms with Crippen LogP contribution in [0.25, 0.3) is 11.5 Å². The summed E-state index contributed by atoms with van der Waals surface area (Å²) in [6, 6.07) is 3.86. The number of H-pyrrole nitrogens is 1. The summed E-state index contributed by atoms with van der Waals surface area (Å²) >= 11 is 0. The van der Waals surface area contributed by atoms with E-state index in [0.29, 0.717) is 0 Å². The van der Waals surface area contributed by atoms with E-state index in [9.17, 15) is 0 Å². The zero-order valence-electron chi connectivity index (χ0n) is 12.2. The van der Waals surface area contributed by atoms with Crippen molar-refractivity contribution in [3.63, 3.8) is 0 Å². The van der Waals surface area contributed by atoms with Gasteiger partial charge in [0.2, 0.25) is 0 Å². The molecule has 2 aromatic heterocycles. The molecule has 1 saturated heterocycles. The Hall–Kier alpha value is -1.66. The molecule has 3 heterocycles. The van der Waals surface area contributed by atoms with Gasteiger partial charge in [-0.1, -0.05) is 0 Å². The fourth-order valence-corrected chi connectivity index (χ4v) is 2.11. The molecule has 1 N–H and O–H groups in total. The van der Waals surface area contributed by atoms with Crippen LogP contribution in [0.1, 0.15) is 27.7 Å². The van der Waals surface area contributed by atoms with Gasteiger partial charge in [-0.25, -0.2) is 4.98 Å². The molecule has 104 valence electrons. The topological polar surface area (TPSA) is 60.0 Å². The Balaban J connectivity index is 1.91. The minimum atomic E-state index is -0.378. The van der Waals surface area contributed by atoms with Crippen molar-refractivity contribution >= 4 is 12.6 Å². The van der Waals surface area contributed by atoms with Crippen LogP contribution in [-0.2, 0) is 9.31 Å². The molecular weight excluding hydrogens is 253 g/mol. The van der Waals surface area contributed by atoms with Crippen molar-refractivity contribution in [2.24, 2.45) is 0 Å². The van der Waals surface area contributed by atoms with Gasteiger partial charge in [0.15, 0.2) is 5.82 Å². The second kappa shape index (κ2) is 4.43. The Morgan fingerprint density at radius 3 is 2.35 bits per heavy atom.